The van der Waals surface area contributed by atoms with Crippen LogP contribution in [0.25, 0.3) is 11.3 Å². The van der Waals surface area contributed by atoms with Gasteiger partial charge in [-0.2, -0.15) is 0 Å². The summed E-state index contributed by atoms with van der Waals surface area (Å²) in [5.74, 6) is 1.87. The number of aromatic amines is 1. The number of benzene rings is 1. The number of amides is 1. The summed E-state index contributed by atoms with van der Waals surface area (Å²) in [6, 6.07) is 10.2. The minimum absolute atomic E-state index is 0.183. The van der Waals surface area contributed by atoms with Crippen LogP contribution in [0.2, 0.25) is 0 Å². The van der Waals surface area contributed by atoms with Crippen LogP contribution in [0.5, 0.6) is 0 Å². The third kappa shape index (κ3) is 2.91. The molecule has 0 spiro atoms. The van der Waals surface area contributed by atoms with E-state index >= 15 is 0 Å². The molecule has 1 aromatic carbocycles. The van der Waals surface area contributed by atoms with Gasteiger partial charge < -0.3 is 9.88 Å². The molecule has 4 nitrogen and oxygen atoms in total. The molecular weight excluding hydrogens is 274 g/mol. The highest BCUT2D eigenvalue weighted by atomic mass is 16.2. The summed E-state index contributed by atoms with van der Waals surface area (Å²) in [5.41, 5.74) is 3.17. The van der Waals surface area contributed by atoms with Crippen molar-refractivity contribution in [3.63, 3.8) is 0 Å². The number of H-pyrrole nitrogens is 1. The molecule has 116 valence electrons. The first-order chi connectivity index (χ1) is 10.5. The first kappa shape index (κ1) is 14.8. The number of aryl methyl sites for hydroxylation is 1. The molecule has 1 aromatic heterocycles. The van der Waals surface area contributed by atoms with Gasteiger partial charge in [-0.25, -0.2) is 4.98 Å². The highest BCUT2D eigenvalue weighted by Crippen LogP contribution is 2.30. The van der Waals surface area contributed by atoms with E-state index in [0.29, 0.717) is 12.3 Å². The molecule has 0 radical (unpaired) electrons. The zero-order valence-electron chi connectivity index (χ0n) is 13.5. The summed E-state index contributed by atoms with van der Waals surface area (Å²) < 4.78 is 0. The van der Waals surface area contributed by atoms with Crippen LogP contribution >= 0.6 is 0 Å². The smallest absolute Gasteiger partial charge is 0.223 e. The van der Waals surface area contributed by atoms with Crippen LogP contribution in [0.3, 0.4) is 0 Å². The van der Waals surface area contributed by atoms with Crippen molar-refractivity contribution in [3.8, 4) is 11.3 Å². The van der Waals surface area contributed by atoms with E-state index in [1.807, 2.05) is 30.0 Å². The lowest BCUT2D eigenvalue weighted by atomic mass is 10.1. The van der Waals surface area contributed by atoms with Crippen LogP contribution < -0.4 is 0 Å². The number of hydrogen-bond donors (Lipinski definition) is 1. The molecule has 1 aliphatic heterocycles. The molecule has 1 aliphatic rings. The maximum atomic E-state index is 12.1. The van der Waals surface area contributed by atoms with Crippen molar-refractivity contribution >= 4 is 5.91 Å². The van der Waals surface area contributed by atoms with Gasteiger partial charge >= 0.3 is 0 Å². The minimum Gasteiger partial charge on any atom is -0.345 e. The molecule has 1 N–H and O–H groups in total. The summed E-state index contributed by atoms with van der Waals surface area (Å²) in [6.45, 7) is 7.94. The Labute approximate surface area is 131 Å². The van der Waals surface area contributed by atoms with E-state index in [1.54, 1.807) is 0 Å². The Morgan fingerprint density at radius 1 is 1.32 bits per heavy atom. The second kappa shape index (κ2) is 5.95. The molecule has 0 aliphatic carbocycles. The van der Waals surface area contributed by atoms with Gasteiger partial charge in [0.15, 0.2) is 0 Å². The first-order valence-corrected chi connectivity index (χ1v) is 7.94. The van der Waals surface area contributed by atoms with E-state index in [0.717, 1.165) is 35.9 Å². The summed E-state index contributed by atoms with van der Waals surface area (Å²) in [5, 5.41) is 0. The number of carbonyl (C=O) groups excluding carboxylic acids is 1. The van der Waals surface area contributed by atoms with Gasteiger partial charge in [0.1, 0.15) is 5.82 Å². The van der Waals surface area contributed by atoms with Gasteiger partial charge in [-0.1, -0.05) is 44.2 Å². The van der Waals surface area contributed by atoms with Gasteiger partial charge in [-0.05, 0) is 12.8 Å². The number of aromatic nitrogens is 2. The molecular formula is C18H23N3O. The molecule has 2 aromatic rings. The molecule has 1 amide bonds. The fourth-order valence-corrected chi connectivity index (χ4v) is 3.13. The van der Waals surface area contributed by atoms with Gasteiger partial charge in [-0.15, -0.1) is 0 Å². The Morgan fingerprint density at radius 2 is 2.05 bits per heavy atom. The zero-order chi connectivity index (χ0) is 15.7. The van der Waals surface area contributed by atoms with E-state index < -0.39 is 0 Å². The Kier molecular flexibility index (Phi) is 4.01. The predicted octanol–water partition coefficient (Wildman–Crippen LogP) is 3.36. The summed E-state index contributed by atoms with van der Waals surface area (Å²) in [7, 11) is 0. The van der Waals surface area contributed by atoms with Crippen LogP contribution in [0.1, 0.15) is 37.7 Å². The van der Waals surface area contributed by atoms with Crippen molar-refractivity contribution < 1.29 is 4.79 Å². The number of imidazole rings is 1. The lowest BCUT2D eigenvalue weighted by molar-refractivity contribution is -0.128. The Bertz CT molecular complexity index is 660. The highest BCUT2D eigenvalue weighted by Gasteiger charge is 2.32. The molecule has 1 saturated heterocycles. The molecule has 0 bridgehead atoms. The lowest BCUT2D eigenvalue weighted by Crippen LogP contribution is -2.29. The fourth-order valence-electron chi connectivity index (χ4n) is 3.13. The van der Waals surface area contributed by atoms with Crippen LogP contribution in [0.4, 0.5) is 0 Å². The molecule has 22 heavy (non-hydrogen) atoms. The van der Waals surface area contributed by atoms with Crippen molar-refractivity contribution in [3.05, 3.63) is 41.9 Å². The molecule has 1 unspecified atom stereocenters. The van der Waals surface area contributed by atoms with Crippen molar-refractivity contribution in [1.29, 1.82) is 0 Å². The fraction of sp³-hybridized carbons (Fsp3) is 0.444. The quantitative estimate of drug-likeness (QED) is 0.940. The van der Waals surface area contributed by atoms with E-state index in [4.69, 9.17) is 4.98 Å². The second-order valence-corrected chi connectivity index (χ2v) is 6.56. The molecule has 2 heterocycles. The third-order valence-corrected chi connectivity index (χ3v) is 4.14. The number of hydrogen-bond acceptors (Lipinski definition) is 2. The number of rotatable bonds is 4. The van der Waals surface area contributed by atoms with Crippen LogP contribution in [0, 0.1) is 12.8 Å². The van der Waals surface area contributed by atoms with Crippen molar-refractivity contribution in [2.75, 3.05) is 13.1 Å². The largest absolute Gasteiger partial charge is 0.345 e. The van der Waals surface area contributed by atoms with E-state index in [-0.39, 0.29) is 11.8 Å². The molecule has 1 fully saturated rings. The number of carbonyl (C=O) groups is 1. The van der Waals surface area contributed by atoms with Crippen molar-refractivity contribution in [2.24, 2.45) is 5.92 Å². The van der Waals surface area contributed by atoms with Crippen LogP contribution in [0.15, 0.2) is 30.3 Å². The average Bonchev–Trinajstić information content (AvgIpc) is 3.03. The lowest BCUT2D eigenvalue weighted by Gasteiger charge is -2.18. The van der Waals surface area contributed by atoms with Crippen LogP contribution in [-0.4, -0.2) is 33.9 Å². The highest BCUT2D eigenvalue weighted by molar-refractivity contribution is 5.79. The standard InChI is InChI=1S/C18H23N3O/c1-12(2)10-21-11-15(9-16(21)22)18-19-13(3)17(20-18)14-7-5-4-6-8-14/h4-8,12,15H,9-11H2,1-3H3,(H,19,20). The van der Waals surface area contributed by atoms with Gasteiger partial charge in [0.05, 0.1) is 5.69 Å². The second-order valence-electron chi connectivity index (χ2n) is 6.56. The molecule has 3 rings (SSSR count). The molecule has 1 atom stereocenters. The Hall–Kier alpha value is -2.10. The Morgan fingerprint density at radius 3 is 2.73 bits per heavy atom. The monoisotopic (exact) mass is 297 g/mol. The van der Waals surface area contributed by atoms with Gasteiger partial charge in [-0.3, -0.25) is 4.79 Å². The summed E-state index contributed by atoms with van der Waals surface area (Å²) in [6.07, 6.45) is 0.563. The van der Waals surface area contributed by atoms with E-state index in [1.165, 1.54) is 0 Å². The normalized spacial score (nSPS) is 18.5. The van der Waals surface area contributed by atoms with Crippen LogP contribution in [-0.2, 0) is 4.79 Å². The van der Waals surface area contributed by atoms with Crippen molar-refractivity contribution in [1.82, 2.24) is 14.9 Å². The predicted molar refractivity (Wildman–Crippen MR) is 87.5 cm³/mol. The molecule has 0 saturated carbocycles. The minimum atomic E-state index is 0.183. The number of nitrogens with one attached hydrogen (secondary N) is 1. The number of likely N-dealkylation sites (tertiary alicyclic amines) is 1. The first-order valence-electron chi connectivity index (χ1n) is 7.94. The summed E-state index contributed by atoms with van der Waals surface area (Å²) in [4.78, 5) is 22.3. The average molecular weight is 297 g/mol. The van der Waals surface area contributed by atoms with Gasteiger partial charge in [0.2, 0.25) is 5.91 Å². The summed E-state index contributed by atoms with van der Waals surface area (Å²) >= 11 is 0. The van der Waals surface area contributed by atoms with Crippen molar-refractivity contribution in [2.45, 2.75) is 33.1 Å². The number of nitrogens with zero attached hydrogens (tertiary/aromatic N) is 2. The van der Waals surface area contributed by atoms with E-state index in [2.05, 4.69) is 31.0 Å². The third-order valence-electron chi connectivity index (χ3n) is 4.14. The SMILES string of the molecule is Cc1[nH]c(C2CC(=O)N(CC(C)C)C2)nc1-c1ccccc1. The zero-order valence-corrected chi connectivity index (χ0v) is 13.5. The van der Waals surface area contributed by atoms with Gasteiger partial charge in [0, 0.05) is 36.7 Å². The molecule has 4 heteroatoms. The maximum absolute atomic E-state index is 12.1. The Balaban J connectivity index is 1.81. The maximum Gasteiger partial charge on any atom is 0.223 e. The van der Waals surface area contributed by atoms with E-state index in [9.17, 15) is 4.79 Å². The topological polar surface area (TPSA) is 49.0 Å². The van der Waals surface area contributed by atoms with Gasteiger partial charge in [0.25, 0.3) is 0 Å².